The number of fused-ring (bicyclic) bond motifs is 1. The molecule has 128 valence electrons. The van der Waals surface area contributed by atoms with Gasteiger partial charge in [-0.15, -0.1) is 22.7 Å². The van der Waals surface area contributed by atoms with Crippen molar-refractivity contribution in [3.63, 3.8) is 0 Å². The van der Waals surface area contributed by atoms with Gasteiger partial charge in [0.15, 0.2) is 0 Å². The predicted molar refractivity (Wildman–Crippen MR) is 106 cm³/mol. The van der Waals surface area contributed by atoms with E-state index in [4.69, 9.17) is 4.74 Å². The number of esters is 1. The van der Waals surface area contributed by atoms with E-state index in [2.05, 4.69) is 9.97 Å². The molecule has 0 aliphatic carbocycles. The summed E-state index contributed by atoms with van der Waals surface area (Å²) in [6, 6.07) is 15.7. The van der Waals surface area contributed by atoms with Gasteiger partial charge in [-0.25, -0.2) is 14.8 Å². The van der Waals surface area contributed by atoms with E-state index in [1.165, 1.54) is 6.08 Å². The summed E-state index contributed by atoms with van der Waals surface area (Å²) in [7, 11) is 0. The van der Waals surface area contributed by atoms with Crippen molar-refractivity contribution in [1.82, 2.24) is 9.97 Å². The number of para-hydroxylation sites is 1. The van der Waals surface area contributed by atoms with E-state index in [-0.39, 0.29) is 6.61 Å². The molecule has 0 unspecified atom stereocenters. The molecule has 0 saturated heterocycles. The number of ether oxygens (including phenoxy) is 1. The quantitative estimate of drug-likeness (QED) is 0.355. The Morgan fingerprint density at radius 3 is 2.85 bits per heavy atom. The monoisotopic (exact) mass is 378 g/mol. The van der Waals surface area contributed by atoms with Crippen LogP contribution in [0.4, 0.5) is 0 Å². The number of carbonyl (C=O) groups is 1. The Bertz CT molecular complexity index is 1070. The van der Waals surface area contributed by atoms with Crippen LogP contribution in [-0.2, 0) is 16.1 Å². The molecule has 6 heteroatoms. The number of aromatic nitrogens is 2. The zero-order valence-electron chi connectivity index (χ0n) is 13.7. The fourth-order valence-electron chi connectivity index (χ4n) is 2.41. The van der Waals surface area contributed by atoms with Crippen molar-refractivity contribution in [1.29, 1.82) is 0 Å². The summed E-state index contributed by atoms with van der Waals surface area (Å²) >= 11 is 3.19. The Hall–Kier alpha value is -2.83. The van der Waals surface area contributed by atoms with Gasteiger partial charge in [0.1, 0.15) is 11.6 Å². The smallest absolute Gasteiger partial charge is 0.331 e. The molecule has 26 heavy (non-hydrogen) atoms. The molecule has 3 heterocycles. The SMILES string of the molecule is O=C(/C=C/c1ccc2ccccc2n1)OCc1csc(-c2cccs2)n1. The summed E-state index contributed by atoms with van der Waals surface area (Å²) in [5.74, 6) is -0.411. The Labute approximate surface area is 158 Å². The van der Waals surface area contributed by atoms with Gasteiger partial charge >= 0.3 is 5.97 Å². The molecule has 0 aliphatic rings. The second kappa shape index (κ2) is 7.59. The van der Waals surface area contributed by atoms with Gasteiger partial charge in [-0.2, -0.15) is 0 Å². The van der Waals surface area contributed by atoms with Gasteiger partial charge in [-0.3, -0.25) is 0 Å². The average Bonchev–Trinajstić information content (AvgIpc) is 3.36. The Morgan fingerprint density at radius 1 is 1.04 bits per heavy atom. The number of pyridine rings is 1. The molecule has 0 spiro atoms. The molecular weight excluding hydrogens is 364 g/mol. The lowest BCUT2D eigenvalue weighted by molar-refractivity contribution is -0.139. The number of benzene rings is 1. The normalized spacial score (nSPS) is 11.2. The number of rotatable bonds is 5. The third kappa shape index (κ3) is 3.87. The second-order valence-electron chi connectivity index (χ2n) is 5.49. The second-order valence-corrected chi connectivity index (χ2v) is 7.30. The van der Waals surface area contributed by atoms with E-state index in [9.17, 15) is 4.79 Å². The molecule has 1 aromatic carbocycles. The van der Waals surface area contributed by atoms with Crippen molar-refractivity contribution in [2.24, 2.45) is 0 Å². The zero-order chi connectivity index (χ0) is 17.8. The molecule has 0 atom stereocenters. The van der Waals surface area contributed by atoms with E-state index < -0.39 is 5.97 Å². The first-order valence-electron chi connectivity index (χ1n) is 7.97. The van der Waals surface area contributed by atoms with E-state index in [0.717, 1.165) is 26.5 Å². The minimum atomic E-state index is -0.411. The van der Waals surface area contributed by atoms with Gasteiger partial charge in [0.2, 0.25) is 0 Å². The van der Waals surface area contributed by atoms with Gasteiger partial charge < -0.3 is 4.74 Å². The lowest BCUT2D eigenvalue weighted by atomic mass is 10.2. The largest absolute Gasteiger partial charge is 0.456 e. The average molecular weight is 378 g/mol. The van der Waals surface area contributed by atoms with Crippen molar-refractivity contribution < 1.29 is 9.53 Å². The van der Waals surface area contributed by atoms with Crippen molar-refractivity contribution in [3.8, 4) is 9.88 Å². The van der Waals surface area contributed by atoms with Crippen molar-refractivity contribution in [2.45, 2.75) is 6.61 Å². The van der Waals surface area contributed by atoms with E-state index in [1.54, 1.807) is 28.7 Å². The summed E-state index contributed by atoms with van der Waals surface area (Å²) in [6.45, 7) is 0.163. The highest BCUT2D eigenvalue weighted by atomic mass is 32.1. The Balaban J connectivity index is 1.36. The van der Waals surface area contributed by atoms with Gasteiger partial charge in [-0.1, -0.05) is 30.3 Å². The Kier molecular flexibility index (Phi) is 4.86. The first-order valence-corrected chi connectivity index (χ1v) is 9.73. The van der Waals surface area contributed by atoms with Gasteiger partial charge in [-0.05, 0) is 29.7 Å². The Morgan fingerprint density at radius 2 is 1.96 bits per heavy atom. The molecular formula is C20H14N2O2S2. The minimum Gasteiger partial charge on any atom is -0.456 e. The lowest BCUT2D eigenvalue weighted by Gasteiger charge is -2.00. The third-order valence-corrected chi connectivity index (χ3v) is 5.59. The van der Waals surface area contributed by atoms with Crippen molar-refractivity contribution in [3.05, 3.63) is 76.8 Å². The fraction of sp³-hybridized carbons (Fsp3) is 0.0500. The van der Waals surface area contributed by atoms with Crippen LogP contribution in [0.2, 0.25) is 0 Å². The first-order chi connectivity index (χ1) is 12.8. The predicted octanol–water partition coefficient (Wildman–Crippen LogP) is 5.18. The first kappa shape index (κ1) is 16.6. The number of thiazole rings is 1. The standard InChI is InChI=1S/C20H14N2O2S2/c23-19(10-9-15-8-7-14-4-1-2-5-17(14)21-15)24-12-16-13-26-20(22-16)18-6-3-11-25-18/h1-11,13H,12H2/b10-9+. The number of hydrogen-bond acceptors (Lipinski definition) is 6. The molecule has 4 rings (SSSR count). The van der Waals surface area contributed by atoms with Crippen LogP contribution in [-0.4, -0.2) is 15.9 Å². The number of hydrogen-bond donors (Lipinski definition) is 0. The molecule has 4 nitrogen and oxygen atoms in total. The third-order valence-electron chi connectivity index (χ3n) is 3.66. The molecule has 3 aromatic heterocycles. The number of thiophene rings is 1. The maximum absolute atomic E-state index is 11.9. The molecule has 4 aromatic rings. The van der Waals surface area contributed by atoms with Crippen molar-refractivity contribution >= 4 is 45.6 Å². The highest BCUT2D eigenvalue weighted by molar-refractivity contribution is 7.20. The zero-order valence-corrected chi connectivity index (χ0v) is 15.3. The van der Waals surface area contributed by atoms with Crippen LogP contribution in [0.1, 0.15) is 11.4 Å². The van der Waals surface area contributed by atoms with E-state index in [1.807, 2.05) is 59.3 Å². The summed E-state index contributed by atoms with van der Waals surface area (Å²) < 4.78 is 5.26. The van der Waals surface area contributed by atoms with Crippen LogP contribution < -0.4 is 0 Å². The van der Waals surface area contributed by atoms with Gasteiger partial charge in [0.05, 0.1) is 21.8 Å². The number of carbonyl (C=O) groups excluding carboxylic acids is 1. The molecule has 0 radical (unpaired) electrons. The van der Waals surface area contributed by atoms with Gasteiger partial charge in [0.25, 0.3) is 0 Å². The molecule has 0 saturated carbocycles. The minimum absolute atomic E-state index is 0.163. The van der Waals surface area contributed by atoms with Crippen LogP contribution in [0.25, 0.3) is 26.9 Å². The topological polar surface area (TPSA) is 52.1 Å². The molecule has 0 amide bonds. The van der Waals surface area contributed by atoms with E-state index in [0.29, 0.717) is 5.69 Å². The fourth-order valence-corrected chi connectivity index (χ4v) is 4.03. The molecule has 0 fully saturated rings. The van der Waals surface area contributed by atoms with Crippen LogP contribution in [0.15, 0.2) is 65.4 Å². The van der Waals surface area contributed by atoms with Crippen LogP contribution in [0.3, 0.4) is 0 Å². The lowest BCUT2D eigenvalue weighted by Crippen LogP contribution is -2.01. The van der Waals surface area contributed by atoms with Crippen molar-refractivity contribution in [2.75, 3.05) is 0 Å². The van der Waals surface area contributed by atoms with E-state index >= 15 is 0 Å². The maximum Gasteiger partial charge on any atom is 0.331 e. The summed E-state index contributed by atoms with van der Waals surface area (Å²) in [5, 5.41) is 5.94. The van der Waals surface area contributed by atoms with Gasteiger partial charge in [0, 0.05) is 16.8 Å². The maximum atomic E-state index is 11.9. The molecule has 0 N–H and O–H groups in total. The summed E-state index contributed by atoms with van der Waals surface area (Å²) in [4.78, 5) is 22.0. The van der Waals surface area contributed by atoms with Crippen LogP contribution >= 0.6 is 22.7 Å². The highest BCUT2D eigenvalue weighted by Gasteiger charge is 2.07. The summed E-state index contributed by atoms with van der Waals surface area (Å²) in [6.07, 6.45) is 3.05. The highest BCUT2D eigenvalue weighted by Crippen LogP contribution is 2.27. The summed E-state index contributed by atoms with van der Waals surface area (Å²) in [5.41, 5.74) is 2.37. The molecule has 0 aliphatic heterocycles. The molecule has 0 bridgehead atoms. The van der Waals surface area contributed by atoms with Crippen LogP contribution in [0.5, 0.6) is 0 Å². The van der Waals surface area contributed by atoms with Crippen LogP contribution in [0, 0.1) is 0 Å². The number of nitrogens with zero attached hydrogens (tertiary/aromatic N) is 2.